The Balaban J connectivity index is 1.57. The summed E-state index contributed by atoms with van der Waals surface area (Å²) in [5.41, 5.74) is 0. The van der Waals surface area contributed by atoms with Crippen molar-refractivity contribution in [3.8, 4) is 0 Å². The summed E-state index contributed by atoms with van der Waals surface area (Å²) in [5.74, 6) is 3.52. The highest BCUT2D eigenvalue weighted by Crippen LogP contribution is 2.51. The minimum absolute atomic E-state index is 0.880. The normalized spacial score (nSPS) is 40.6. The van der Waals surface area contributed by atoms with E-state index >= 15 is 0 Å². The van der Waals surface area contributed by atoms with Gasteiger partial charge in [-0.05, 0) is 37.4 Å². The van der Waals surface area contributed by atoms with E-state index in [1.54, 1.807) is 6.42 Å². The van der Waals surface area contributed by atoms with Crippen molar-refractivity contribution in [3.63, 3.8) is 0 Å². The first-order chi connectivity index (χ1) is 5.40. The van der Waals surface area contributed by atoms with E-state index in [-0.39, 0.29) is 0 Å². The van der Waals surface area contributed by atoms with Gasteiger partial charge < -0.3 is 5.32 Å². The molecule has 0 aliphatic heterocycles. The fourth-order valence-electron chi connectivity index (χ4n) is 2.25. The lowest BCUT2D eigenvalue weighted by Gasteiger charge is -2.12. The van der Waals surface area contributed by atoms with E-state index < -0.39 is 0 Å². The van der Waals surface area contributed by atoms with Crippen LogP contribution in [0.5, 0.6) is 0 Å². The lowest BCUT2D eigenvalue weighted by molar-refractivity contribution is 0.497. The molecule has 2 atom stereocenters. The predicted octanol–water partition coefficient (Wildman–Crippen LogP) is 1.74. The van der Waals surface area contributed by atoms with Gasteiger partial charge in [0, 0.05) is 18.3 Å². The fourth-order valence-corrected chi connectivity index (χ4v) is 2.57. The Kier molecular flexibility index (Phi) is 2.42. The molecule has 0 spiro atoms. The third-order valence-electron chi connectivity index (χ3n) is 2.98. The maximum atomic E-state index is 3.62. The number of rotatable bonds is 4. The highest BCUT2D eigenvalue weighted by molar-refractivity contribution is 7.98. The van der Waals surface area contributed by atoms with Crippen LogP contribution in [0.1, 0.15) is 19.3 Å². The zero-order valence-corrected chi connectivity index (χ0v) is 7.99. The van der Waals surface area contributed by atoms with E-state index in [2.05, 4.69) is 11.6 Å². The van der Waals surface area contributed by atoms with Crippen molar-refractivity contribution in [1.29, 1.82) is 0 Å². The lowest BCUT2D eigenvalue weighted by atomic mass is 10.2. The number of thioether (sulfide) groups is 1. The van der Waals surface area contributed by atoms with Crippen LogP contribution in [0, 0.1) is 11.8 Å². The summed E-state index contributed by atoms with van der Waals surface area (Å²) in [6.45, 7) is 1.21. The Hall–Kier alpha value is 0.310. The molecule has 0 saturated heterocycles. The van der Waals surface area contributed by atoms with E-state index in [1.807, 2.05) is 11.8 Å². The van der Waals surface area contributed by atoms with Crippen LogP contribution in [-0.4, -0.2) is 24.6 Å². The highest BCUT2D eigenvalue weighted by Gasteiger charge is 2.45. The van der Waals surface area contributed by atoms with Crippen LogP contribution in [0.4, 0.5) is 0 Å². The first-order valence-corrected chi connectivity index (χ1v) is 6.02. The molecule has 0 aromatic rings. The van der Waals surface area contributed by atoms with Gasteiger partial charge in [-0.2, -0.15) is 11.8 Å². The summed E-state index contributed by atoms with van der Waals surface area (Å²) >= 11 is 1.93. The molecule has 0 radical (unpaired) electrons. The van der Waals surface area contributed by atoms with Crippen molar-refractivity contribution in [3.05, 3.63) is 0 Å². The molecule has 2 aliphatic carbocycles. The largest absolute Gasteiger partial charge is 0.313 e. The fraction of sp³-hybridized carbons (Fsp3) is 1.00. The van der Waals surface area contributed by atoms with Crippen molar-refractivity contribution < 1.29 is 0 Å². The summed E-state index contributed by atoms with van der Waals surface area (Å²) in [7, 11) is 0. The molecule has 2 saturated carbocycles. The van der Waals surface area contributed by atoms with Crippen LogP contribution >= 0.6 is 11.8 Å². The quantitative estimate of drug-likeness (QED) is 0.647. The van der Waals surface area contributed by atoms with Gasteiger partial charge in [-0.15, -0.1) is 0 Å². The van der Waals surface area contributed by atoms with Crippen molar-refractivity contribution in [1.82, 2.24) is 5.32 Å². The number of fused-ring (bicyclic) bond motifs is 1. The molecule has 1 N–H and O–H groups in total. The second-order valence-corrected chi connectivity index (χ2v) is 4.86. The number of nitrogens with one attached hydrogen (secondary N) is 1. The predicted molar refractivity (Wildman–Crippen MR) is 51.0 cm³/mol. The van der Waals surface area contributed by atoms with Gasteiger partial charge in [0.25, 0.3) is 0 Å². The second kappa shape index (κ2) is 3.36. The molecule has 0 aromatic carbocycles. The molecule has 2 aliphatic rings. The summed E-state index contributed by atoms with van der Waals surface area (Å²) in [5, 5.41) is 3.62. The molecular weight excluding hydrogens is 154 g/mol. The minimum atomic E-state index is 0.880. The van der Waals surface area contributed by atoms with Gasteiger partial charge in [-0.3, -0.25) is 0 Å². The maximum Gasteiger partial charge on any atom is 0.00728 e. The molecule has 2 rings (SSSR count). The molecule has 1 nitrogen and oxygen atoms in total. The van der Waals surface area contributed by atoms with Crippen molar-refractivity contribution in [2.24, 2.45) is 11.8 Å². The average molecular weight is 171 g/mol. The average Bonchev–Trinajstić information content (AvgIpc) is 2.61. The zero-order chi connectivity index (χ0) is 7.68. The Morgan fingerprint density at radius 2 is 2.00 bits per heavy atom. The third-order valence-corrected chi connectivity index (χ3v) is 3.60. The molecule has 0 aromatic heterocycles. The summed E-state index contributed by atoms with van der Waals surface area (Å²) < 4.78 is 0. The van der Waals surface area contributed by atoms with Gasteiger partial charge in [-0.25, -0.2) is 0 Å². The van der Waals surface area contributed by atoms with Crippen LogP contribution in [0.15, 0.2) is 0 Å². The monoisotopic (exact) mass is 171 g/mol. The summed E-state index contributed by atoms with van der Waals surface area (Å²) in [6, 6.07) is 0.880. The Morgan fingerprint density at radius 1 is 1.27 bits per heavy atom. The topological polar surface area (TPSA) is 12.0 Å². The zero-order valence-electron chi connectivity index (χ0n) is 7.18. The van der Waals surface area contributed by atoms with Crippen molar-refractivity contribution in [2.75, 3.05) is 18.6 Å². The molecule has 0 amide bonds. The van der Waals surface area contributed by atoms with Crippen LogP contribution in [0.2, 0.25) is 0 Å². The van der Waals surface area contributed by atoms with Crippen LogP contribution in [0.25, 0.3) is 0 Å². The van der Waals surface area contributed by atoms with Gasteiger partial charge in [0.15, 0.2) is 0 Å². The van der Waals surface area contributed by atoms with Crippen LogP contribution in [-0.2, 0) is 0 Å². The van der Waals surface area contributed by atoms with Crippen molar-refractivity contribution >= 4 is 11.8 Å². The minimum Gasteiger partial charge on any atom is -0.313 e. The smallest absolute Gasteiger partial charge is 0.00728 e. The number of hydrogen-bond acceptors (Lipinski definition) is 2. The lowest BCUT2D eigenvalue weighted by Crippen LogP contribution is -2.29. The Morgan fingerprint density at radius 3 is 2.64 bits per heavy atom. The molecule has 2 unspecified atom stereocenters. The van der Waals surface area contributed by atoms with Crippen LogP contribution < -0.4 is 5.32 Å². The summed E-state index contributed by atoms with van der Waals surface area (Å²) in [4.78, 5) is 0. The third kappa shape index (κ3) is 1.91. The van der Waals surface area contributed by atoms with E-state index in [4.69, 9.17) is 0 Å². The second-order valence-electron chi connectivity index (χ2n) is 3.87. The first kappa shape index (κ1) is 7.93. The van der Waals surface area contributed by atoms with Gasteiger partial charge in [0.2, 0.25) is 0 Å². The molecular formula is C9H17NS. The molecule has 0 heterocycles. The van der Waals surface area contributed by atoms with E-state index in [9.17, 15) is 0 Å². The Labute approximate surface area is 73.3 Å². The molecule has 64 valence electrons. The van der Waals surface area contributed by atoms with Gasteiger partial charge >= 0.3 is 0 Å². The van der Waals surface area contributed by atoms with E-state index in [0.717, 1.165) is 17.9 Å². The standard InChI is InChI=1S/C9H17NS/c1-11-3-2-10-9-5-7-4-8(7)6-9/h7-10H,2-6H2,1H3. The van der Waals surface area contributed by atoms with Crippen molar-refractivity contribution in [2.45, 2.75) is 25.3 Å². The molecule has 2 heteroatoms. The van der Waals surface area contributed by atoms with Gasteiger partial charge in [0.1, 0.15) is 0 Å². The Bertz CT molecular complexity index is 128. The van der Waals surface area contributed by atoms with E-state index in [0.29, 0.717) is 0 Å². The maximum absolute atomic E-state index is 3.62. The van der Waals surface area contributed by atoms with Crippen LogP contribution in [0.3, 0.4) is 0 Å². The molecule has 2 fully saturated rings. The number of hydrogen-bond donors (Lipinski definition) is 1. The van der Waals surface area contributed by atoms with Gasteiger partial charge in [0.05, 0.1) is 0 Å². The molecule has 0 bridgehead atoms. The highest BCUT2D eigenvalue weighted by atomic mass is 32.2. The SMILES string of the molecule is CSCCNC1CC2CC2C1. The molecule has 11 heavy (non-hydrogen) atoms. The first-order valence-electron chi connectivity index (χ1n) is 4.62. The summed E-state index contributed by atoms with van der Waals surface area (Å²) in [6.07, 6.45) is 6.66. The van der Waals surface area contributed by atoms with Gasteiger partial charge in [-0.1, -0.05) is 0 Å². The van der Waals surface area contributed by atoms with E-state index in [1.165, 1.54) is 25.1 Å².